The summed E-state index contributed by atoms with van der Waals surface area (Å²) < 4.78 is 0. The number of aliphatic hydroxyl groups is 1. The van der Waals surface area contributed by atoms with Crippen molar-refractivity contribution in [2.45, 2.75) is 31.7 Å². The number of amides is 1. The van der Waals surface area contributed by atoms with E-state index in [0.29, 0.717) is 12.1 Å². The summed E-state index contributed by atoms with van der Waals surface area (Å²) in [4.78, 5) is 27.8. The number of aliphatic hydroxyl groups excluding tert-OH is 1. The standard InChI is InChI=1S/C15H22ClN3O3/c16-13-8-11(9-18-15(13)22)14(21)17-5-3-7-19-6-2-1-4-12(19)10-20/h8-9,12,20H,1-7,10H2,(H,17,21)(H,18,22). The van der Waals surface area contributed by atoms with Crippen LogP contribution in [0.1, 0.15) is 36.0 Å². The molecule has 1 unspecified atom stereocenters. The van der Waals surface area contributed by atoms with Gasteiger partial charge in [-0.25, -0.2) is 0 Å². The molecule has 7 heteroatoms. The fraction of sp³-hybridized carbons (Fsp3) is 0.600. The molecule has 1 atom stereocenters. The Balaban J connectivity index is 1.74. The number of nitrogens with zero attached hydrogens (tertiary/aromatic N) is 1. The van der Waals surface area contributed by atoms with Gasteiger partial charge in [-0.05, 0) is 31.9 Å². The normalized spacial score (nSPS) is 19.1. The molecule has 0 aromatic carbocycles. The zero-order valence-corrected chi connectivity index (χ0v) is 13.2. The minimum atomic E-state index is -0.404. The van der Waals surface area contributed by atoms with E-state index < -0.39 is 5.56 Å². The molecule has 1 fully saturated rings. The molecule has 1 aliphatic heterocycles. The fourth-order valence-electron chi connectivity index (χ4n) is 2.73. The second kappa shape index (κ2) is 8.31. The summed E-state index contributed by atoms with van der Waals surface area (Å²) in [7, 11) is 0. The van der Waals surface area contributed by atoms with Crippen molar-refractivity contribution in [3.05, 3.63) is 33.2 Å². The maximum atomic E-state index is 11.9. The number of H-pyrrole nitrogens is 1. The molecule has 122 valence electrons. The first kappa shape index (κ1) is 17.0. The maximum Gasteiger partial charge on any atom is 0.266 e. The van der Waals surface area contributed by atoms with Crippen LogP contribution in [0.2, 0.25) is 5.02 Å². The molecule has 0 radical (unpaired) electrons. The Hall–Kier alpha value is -1.37. The molecular weight excluding hydrogens is 306 g/mol. The minimum Gasteiger partial charge on any atom is -0.395 e. The molecule has 3 N–H and O–H groups in total. The summed E-state index contributed by atoms with van der Waals surface area (Å²) in [5, 5.41) is 12.2. The molecule has 0 bridgehead atoms. The van der Waals surface area contributed by atoms with Gasteiger partial charge in [0.15, 0.2) is 0 Å². The molecule has 0 aliphatic carbocycles. The van der Waals surface area contributed by atoms with E-state index in [0.717, 1.165) is 25.9 Å². The molecular formula is C15H22ClN3O3. The van der Waals surface area contributed by atoms with Crippen LogP contribution in [0.3, 0.4) is 0 Å². The number of nitrogens with one attached hydrogen (secondary N) is 2. The van der Waals surface area contributed by atoms with E-state index in [2.05, 4.69) is 15.2 Å². The summed E-state index contributed by atoms with van der Waals surface area (Å²) in [6, 6.07) is 1.62. The average Bonchev–Trinajstić information content (AvgIpc) is 2.54. The van der Waals surface area contributed by atoms with Crippen LogP contribution in [-0.4, -0.2) is 53.2 Å². The van der Waals surface area contributed by atoms with Gasteiger partial charge in [-0.3, -0.25) is 14.5 Å². The lowest BCUT2D eigenvalue weighted by Gasteiger charge is -2.34. The highest BCUT2D eigenvalue weighted by Gasteiger charge is 2.20. The third-order valence-electron chi connectivity index (χ3n) is 3.99. The monoisotopic (exact) mass is 327 g/mol. The summed E-state index contributed by atoms with van der Waals surface area (Å²) in [6.45, 7) is 2.61. The van der Waals surface area contributed by atoms with Crippen molar-refractivity contribution in [2.75, 3.05) is 26.2 Å². The molecule has 2 heterocycles. The smallest absolute Gasteiger partial charge is 0.266 e. The van der Waals surface area contributed by atoms with Crippen molar-refractivity contribution < 1.29 is 9.90 Å². The van der Waals surface area contributed by atoms with Gasteiger partial charge in [0.2, 0.25) is 0 Å². The predicted octanol–water partition coefficient (Wildman–Crippen LogP) is 0.995. The number of aromatic nitrogens is 1. The first-order chi connectivity index (χ1) is 10.6. The SMILES string of the molecule is O=C(NCCCN1CCCCC1CO)c1c[nH]c(=O)c(Cl)c1. The van der Waals surface area contributed by atoms with Crippen LogP contribution in [0.4, 0.5) is 0 Å². The second-order valence-corrected chi connectivity index (χ2v) is 5.95. The number of halogens is 1. The maximum absolute atomic E-state index is 11.9. The van der Waals surface area contributed by atoms with Crippen LogP contribution < -0.4 is 10.9 Å². The van der Waals surface area contributed by atoms with Gasteiger partial charge in [-0.15, -0.1) is 0 Å². The molecule has 22 heavy (non-hydrogen) atoms. The molecule has 0 spiro atoms. The second-order valence-electron chi connectivity index (χ2n) is 5.54. The number of hydrogen-bond acceptors (Lipinski definition) is 4. The molecule has 6 nitrogen and oxygen atoms in total. The van der Waals surface area contributed by atoms with Gasteiger partial charge >= 0.3 is 0 Å². The van der Waals surface area contributed by atoms with E-state index in [9.17, 15) is 14.7 Å². The first-order valence-corrected chi connectivity index (χ1v) is 8.01. The largest absolute Gasteiger partial charge is 0.395 e. The van der Waals surface area contributed by atoms with E-state index in [1.807, 2.05) is 0 Å². The number of likely N-dealkylation sites (tertiary alicyclic amines) is 1. The fourth-order valence-corrected chi connectivity index (χ4v) is 2.91. The number of carbonyl (C=O) groups excluding carboxylic acids is 1. The molecule has 1 aliphatic rings. The van der Waals surface area contributed by atoms with Crippen LogP contribution in [0.5, 0.6) is 0 Å². The number of carbonyl (C=O) groups is 1. The number of rotatable bonds is 6. The van der Waals surface area contributed by atoms with Crippen LogP contribution in [0.15, 0.2) is 17.1 Å². The minimum absolute atomic E-state index is 0.00625. The van der Waals surface area contributed by atoms with Gasteiger partial charge in [0.05, 0.1) is 12.2 Å². The Bertz CT molecular complexity index is 561. The van der Waals surface area contributed by atoms with Crippen LogP contribution in [-0.2, 0) is 0 Å². The highest BCUT2D eigenvalue weighted by molar-refractivity contribution is 6.30. The van der Waals surface area contributed by atoms with E-state index in [4.69, 9.17) is 11.6 Å². The van der Waals surface area contributed by atoms with E-state index >= 15 is 0 Å². The number of piperidine rings is 1. The quantitative estimate of drug-likeness (QED) is 0.680. The van der Waals surface area contributed by atoms with Gasteiger partial charge in [-0.1, -0.05) is 18.0 Å². The zero-order valence-electron chi connectivity index (χ0n) is 12.5. The van der Waals surface area contributed by atoms with E-state index in [1.165, 1.54) is 25.1 Å². The molecule has 1 amide bonds. The Morgan fingerprint density at radius 3 is 3.05 bits per heavy atom. The van der Waals surface area contributed by atoms with Crippen LogP contribution in [0, 0.1) is 0 Å². The summed E-state index contributed by atoms with van der Waals surface area (Å²) in [5.74, 6) is -0.254. The number of aromatic amines is 1. The molecule has 1 aromatic rings. The molecule has 2 rings (SSSR count). The van der Waals surface area contributed by atoms with Crippen molar-refractivity contribution in [1.82, 2.24) is 15.2 Å². The number of hydrogen-bond donors (Lipinski definition) is 3. The van der Waals surface area contributed by atoms with Crippen molar-refractivity contribution >= 4 is 17.5 Å². The highest BCUT2D eigenvalue weighted by atomic mass is 35.5. The molecule has 1 saturated heterocycles. The van der Waals surface area contributed by atoms with Crippen molar-refractivity contribution in [3.8, 4) is 0 Å². The van der Waals surface area contributed by atoms with Gasteiger partial charge in [-0.2, -0.15) is 0 Å². The lowest BCUT2D eigenvalue weighted by atomic mass is 10.0. The lowest BCUT2D eigenvalue weighted by molar-refractivity contribution is 0.0868. The highest BCUT2D eigenvalue weighted by Crippen LogP contribution is 2.16. The Labute approximate surface area is 134 Å². The molecule has 0 saturated carbocycles. The Morgan fingerprint density at radius 1 is 1.50 bits per heavy atom. The lowest BCUT2D eigenvalue weighted by Crippen LogP contribution is -2.43. The van der Waals surface area contributed by atoms with Gasteiger partial charge in [0.25, 0.3) is 11.5 Å². The first-order valence-electron chi connectivity index (χ1n) is 7.63. The van der Waals surface area contributed by atoms with Gasteiger partial charge in [0, 0.05) is 25.3 Å². The third kappa shape index (κ3) is 4.56. The summed E-state index contributed by atoms with van der Waals surface area (Å²) in [6.07, 6.45) is 5.55. The third-order valence-corrected chi connectivity index (χ3v) is 4.27. The molecule has 1 aromatic heterocycles. The summed E-state index contributed by atoms with van der Waals surface area (Å²) >= 11 is 5.70. The Kier molecular flexibility index (Phi) is 6.42. The van der Waals surface area contributed by atoms with E-state index in [-0.39, 0.29) is 23.6 Å². The topological polar surface area (TPSA) is 85.4 Å². The average molecular weight is 328 g/mol. The van der Waals surface area contributed by atoms with Crippen molar-refractivity contribution in [2.24, 2.45) is 0 Å². The van der Waals surface area contributed by atoms with Crippen molar-refractivity contribution in [3.63, 3.8) is 0 Å². The summed E-state index contributed by atoms with van der Waals surface area (Å²) in [5.41, 5.74) is -0.0610. The van der Waals surface area contributed by atoms with Crippen LogP contribution >= 0.6 is 11.6 Å². The predicted molar refractivity (Wildman–Crippen MR) is 85.3 cm³/mol. The van der Waals surface area contributed by atoms with Crippen LogP contribution in [0.25, 0.3) is 0 Å². The Morgan fingerprint density at radius 2 is 2.32 bits per heavy atom. The van der Waals surface area contributed by atoms with Crippen molar-refractivity contribution in [1.29, 1.82) is 0 Å². The van der Waals surface area contributed by atoms with Gasteiger partial charge in [0.1, 0.15) is 5.02 Å². The van der Waals surface area contributed by atoms with Gasteiger partial charge < -0.3 is 15.4 Å². The zero-order chi connectivity index (χ0) is 15.9. The van der Waals surface area contributed by atoms with E-state index in [1.54, 1.807) is 0 Å². The number of pyridine rings is 1.